The van der Waals surface area contributed by atoms with E-state index in [1.54, 1.807) is 24.5 Å². The summed E-state index contributed by atoms with van der Waals surface area (Å²) in [6, 6.07) is 14.9. The molecule has 0 spiro atoms. The summed E-state index contributed by atoms with van der Waals surface area (Å²) in [5, 5.41) is 1.96. The summed E-state index contributed by atoms with van der Waals surface area (Å²) >= 11 is 0. The molecule has 124 valence electrons. The molecule has 0 aliphatic heterocycles. The number of rotatable bonds is 5. The van der Waals surface area contributed by atoms with E-state index in [1.165, 1.54) is 0 Å². The van der Waals surface area contributed by atoms with Gasteiger partial charge < -0.3 is 9.15 Å². The fraction of sp³-hybridized carbons (Fsp3) is 0.0556. The average molecular weight is 334 g/mol. The molecule has 2 aromatic heterocycles. The largest absolute Gasteiger partial charge is 0.484 e. The molecule has 4 aromatic rings. The number of amides is 1. The van der Waals surface area contributed by atoms with Gasteiger partial charge in [-0.15, -0.1) is 0 Å². The summed E-state index contributed by atoms with van der Waals surface area (Å²) in [6.45, 7) is -0.138. The van der Waals surface area contributed by atoms with Crippen LogP contribution >= 0.6 is 0 Å². The Bertz CT molecular complexity index is 1030. The summed E-state index contributed by atoms with van der Waals surface area (Å²) < 4.78 is 11.3. The maximum absolute atomic E-state index is 11.8. The van der Waals surface area contributed by atoms with E-state index in [2.05, 4.69) is 20.8 Å². The Balaban J connectivity index is 1.42. The number of nitrogens with zero attached hydrogens (tertiary/aromatic N) is 2. The van der Waals surface area contributed by atoms with Gasteiger partial charge in [-0.1, -0.05) is 18.2 Å². The number of hydrazine groups is 1. The predicted octanol–water partition coefficient (Wildman–Crippen LogP) is 2.90. The minimum atomic E-state index is -0.343. The van der Waals surface area contributed by atoms with Gasteiger partial charge in [0.15, 0.2) is 6.61 Å². The van der Waals surface area contributed by atoms with E-state index in [-0.39, 0.29) is 12.5 Å². The fourth-order valence-corrected chi connectivity index (χ4v) is 2.47. The number of benzene rings is 2. The molecule has 25 heavy (non-hydrogen) atoms. The Morgan fingerprint density at radius 1 is 1.00 bits per heavy atom. The lowest BCUT2D eigenvalue weighted by Gasteiger charge is -2.08. The number of aromatic nitrogens is 2. The van der Waals surface area contributed by atoms with Crippen LogP contribution in [-0.4, -0.2) is 22.5 Å². The van der Waals surface area contributed by atoms with Gasteiger partial charge >= 0.3 is 0 Å². The molecule has 7 heteroatoms. The van der Waals surface area contributed by atoms with E-state index in [9.17, 15) is 4.79 Å². The lowest BCUT2D eigenvalue weighted by Crippen LogP contribution is -2.34. The second kappa shape index (κ2) is 6.48. The molecule has 0 bridgehead atoms. The van der Waals surface area contributed by atoms with Crippen molar-refractivity contribution in [3.8, 4) is 5.75 Å². The molecule has 4 rings (SSSR count). The van der Waals surface area contributed by atoms with E-state index in [4.69, 9.17) is 9.15 Å². The summed E-state index contributed by atoms with van der Waals surface area (Å²) in [6.07, 6.45) is 3.14. The summed E-state index contributed by atoms with van der Waals surface area (Å²) in [5.74, 6) is 0.553. The van der Waals surface area contributed by atoms with Crippen molar-refractivity contribution in [2.75, 3.05) is 12.0 Å². The number of anilines is 1. The second-order valence-corrected chi connectivity index (χ2v) is 5.29. The molecule has 0 fully saturated rings. The third kappa shape index (κ3) is 3.20. The Hall–Kier alpha value is -3.61. The van der Waals surface area contributed by atoms with Crippen LogP contribution in [0.4, 0.5) is 5.95 Å². The molecule has 2 aromatic carbocycles. The third-order valence-electron chi connectivity index (χ3n) is 3.60. The number of carbonyl (C=O) groups is 1. The van der Waals surface area contributed by atoms with Crippen LogP contribution in [0, 0.1) is 0 Å². The van der Waals surface area contributed by atoms with Crippen molar-refractivity contribution in [2.45, 2.75) is 0 Å². The topological polar surface area (TPSA) is 89.3 Å². The molecule has 0 saturated carbocycles. The molecule has 0 radical (unpaired) electrons. The van der Waals surface area contributed by atoms with Crippen LogP contribution in [0.3, 0.4) is 0 Å². The average Bonchev–Trinajstić information content (AvgIpc) is 3.03. The molecule has 2 N–H and O–H groups in total. The molecule has 0 saturated heterocycles. The first-order valence-corrected chi connectivity index (χ1v) is 7.65. The minimum Gasteiger partial charge on any atom is -0.484 e. The Kier molecular flexibility index (Phi) is 3.88. The van der Waals surface area contributed by atoms with Gasteiger partial charge in [0.25, 0.3) is 5.91 Å². The molecule has 0 aliphatic carbocycles. The van der Waals surface area contributed by atoms with Crippen molar-refractivity contribution in [2.24, 2.45) is 0 Å². The summed E-state index contributed by atoms with van der Waals surface area (Å²) in [4.78, 5) is 19.7. The number of fused-ring (bicyclic) bond motifs is 3. The first-order chi connectivity index (χ1) is 12.3. The van der Waals surface area contributed by atoms with Crippen LogP contribution in [0.2, 0.25) is 0 Å². The van der Waals surface area contributed by atoms with Gasteiger partial charge in [-0.2, -0.15) is 0 Å². The molecule has 0 aliphatic rings. The lowest BCUT2D eigenvalue weighted by molar-refractivity contribution is -0.122. The van der Waals surface area contributed by atoms with E-state index < -0.39 is 0 Å². The van der Waals surface area contributed by atoms with Crippen molar-refractivity contribution in [3.05, 3.63) is 60.9 Å². The fourth-order valence-electron chi connectivity index (χ4n) is 2.47. The van der Waals surface area contributed by atoms with Crippen LogP contribution in [0.15, 0.2) is 65.3 Å². The second-order valence-electron chi connectivity index (χ2n) is 5.29. The van der Waals surface area contributed by atoms with E-state index >= 15 is 0 Å². The van der Waals surface area contributed by atoms with Crippen molar-refractivity contribution in [3.63, 3.8) is 0 Å². The van der Waals surface area contributed by atoms with Crippen molar-refractivity contribution in [1.82, 2.24) is 15.4 Å². The molecule has 0 unspecified atom stereocenters. The standard InChI is InChI=1S/C18H14N4O3/c23-17(21-22-18-19-8-3-9-20-18)11-24-12-6-7-16-14(10-12)13-4-1-2-5-15(13)25-16/h1-10H,11H2,(H,21,23)(H,19,20,22). The number of carbonyl (C=O) groups excluding carboxylic acids is 1. The SMILES string of the molecule is O=C(COc1ccc2oc3ccccc3c2c1)NNc1ncccn1. The van der Waals surface area contributed by atoms with Crippen LogP contribution < -0.4 is 15.6 Å². The van der Waals surface area contributed by atoms with Gasteiger partial charge in [0.2, 0.25) is 5.95 Å². The Morgan fingerprint density at radius 3 is 2.68 bits per heavy atom. The normalized spacial score (nSPS) is 10.7. The number of nitrogens with one attached hydrogen (secondary N) is 2. The Labute approximate surface area is 142 Å². The van der Waals surface area contributed by atoms with E-state index in [0.717, 1.165) is 21.9 Å². The number of ether oxygens (including phenoxy) is 1. The molecular weight excluding hydrogens is 320 g/mol. The highest BCUT2D eigenvalue weighted by atomic mass is 16.5. The highest BCUT2D eigenvalue weighted by Crippen LogP contribution is 2.31. The predicted molar refractivity (Wildman–Crippen MR) is 93.0 cm³/mol. The number of para-hydroxylation sites is 1. The highest BCUT2D eigenvalue weighted by Gasteiger charge is 2.08. The molecule has 7 nitrogen and oxygen atoms in total. The van der Waals surface area contributed by atoms with Crippen molar-refractivity contribution < 1.29 is 13.9 Å². The number of hydrogen-bond donors (Lipinski definition) is 2. The summed E-state index contributed by atoms with van der Waals surface area (Å²) in [7, 11) is 0. The van der Waals surface area contributed by atoms with Gasteiger partial charge in [0.1, 0.15) is 16.9 Å². The molecular formula is C18H14N4O3. The van der Waals surface area contributed by atoms with E-state index in [0.29, 0.717) is 11.7 Å². The molecule has 2 heterocycles. The zero-order valence-corrected chi connectivity index (χ0v) is 13.1. The summed E-state index contributed by atoms with van der Waals surface area (Å²) in [5.41, 5.74) is 6.68. The van der Waals surface area contributed by atoms with Gasteiger partial charge in [-0.05, 0) is 30.3 Å². The third-order valence-corrected chi connectivity index (χ3v) is 3.60. The van der Waals surface area contributed by atoms with Crippen molar-refractivity contribution >= 4 is 33.8 Å². The highest BCUT2D eigenvalue weighted by molar-refractivity contribution is 6.05. The minimum absolute atomic E-state index is 0.138. The smallest absolute Gasteiger partial charge is 0.276 e. The van der Waals surface area contributed by atoms with E-state index in [1.807, 2.05) is 36.4 Å². The van der Waals surface area contributed by atoms with Gasteiger partial charge in [0.05, 0.1) is 0 Å². The lowest BCUT2D eigenvalue weighted by atomic mass is 10.1. The maximum atomic E-state index is 11.8. The first-order valence-electron chi connectivity index (χ1n) is 7.65. The van der Waals surface area contributed by atoms with Gasteiger partial charge in [0, 0.05) is 23.2 Å². The Morgan fingerprint density at radius 2 is 1.80 bits per heavy atom. The quantitative estimate of drug-likeness (QED) is 0.546. The maximum Gasteiger partial charge on any atom is 0.276 e. The van der Waals surface area contributed by atoms with Crippen molar-refractivity contribution in [1.29, 1.82) is 0 Å². The number of furan rings is 1. The van der Waals surface area contributed by atoms with Crippen LogP contribution in [-0.2, 0) is 4.79 Å². The molecule has 0 atom stereocenters. The van der Waals surface area contributed by atoms with Gasteiger partial charge in [-0.25, -0.2) is 9.97 Å². The zero-order chi connectivity index (χ0) is 17.1. The first kappa shape index (κ1) is 14.9. The number of hydrogen-bond acceptors (Lipinski definition) is 6. The zero-order valence-electron chi connectivity index (χ0n) is 13.1. The molecule has 1 amide bonds. The van der Waals surface area contributed by atoms with Crippen LogP contribution in [0.1, 0.15) is 0 Å². The van der Waals surface area contributed by atoms with Crippen LogP contribution in [0.25, 0.3) is 21.9 Å². The van der Waals surface area contributed by atoms with Crippen LogP contribution in [0.5, 0.6) is 5.75 Å². The van der Waals surface area contributed by atoms with Gasteiger partial charge in [-0.3, -0.25) is 15.6 Å². The monoisotopic (exact) mass is 334 g/mol.